The molecule has 2 N–H and O–H groups in total. The standard InChI is InChI=1S/C15H19N3O2/c1-15(2,3)14(16)9-11-5-4-10-8-12(18(19)20)6-7-13(10)17-11/h4-8,14H,9,16H2,1-3H3. The Kier molecular flexibility index (Phi) is 3.72. The predicted molar refractivity (Wildman–Crippen MR) is 79.5 cm³/mol. The van der Waals surface area contributed by atoms with Gasteiger partial charge in [-0.1, -0.05) is 26.8 Å². The van der Waals surface area contributed by atoms with Crippen molar-refractivity contribution in [1.29, 1.82) is 0 Å². The van der Waals surface area contributed by atoms with Crippen LogP contribution < -0.4 is 5.73 Å². The Morgan fingerprint density at radius 1 is 1.30 bits per heavy atom. The molecule has 1 aromatic heterocycles. The van der Waals surface area contributed by atoms with E-state index >= 15 is 0 Å². The molecule has 0 radical (unpaired) electrons. The molecule has 0 spiro atoms. The van der Waals surface area contributed by atoms with Gasteiger partial charge in [0.2, 0.25) is 0 Å². The number of nitrogens with two attached hydrogens (primary N) is 1. The second kappa shape index (κ2) is 5.17. The first-order valence-corrected chi connectivity index (χ1v) is 6.57. The van der Waals surface area contributed by atoms with Gasteiger partial charge in [-0.3, -0.25) is 15.1 Å². The van der Waals surface area contributed by atoms with Gasteiger partial charge in [0.1, 0.15) is 0 Å². The molecule has 0 bridgehead atoms. The van der Waals surface area contributed by atoms with Crippen LogP contribution in [0.4, 0.5) is 5.69 Å². The van der Waals surface area contributed by atoms with Crippen molar-refractivity contribution in [2.24, 2.45) is 11.1 Å². The summed E-state index contributed by atoms with van der Waals surface area (Å²) in [4.78, 5) is 14.9. The van der Waals surface area contributed by atoms with Crippen molar-refractivity contribution in [1.82, 2.24) is 4.98 Å². The normalized spacial score (nSPS) is 13.4. The quantitative estimate of drug-likeness (QED) is 0.688. The highest BCUT2D eigenvalue weighted by Gasteiger charge is 2.21. The molecule has 1 atom stereocenters. The molecule has 1 aromatic carbocycles. The Labute approximate surface area is 118 Å². The van der Waals surface area contributed by atoms with Gasteiger partial charge in [-0.05, 0) is 17.5 Å². The van der Waals surface area contributed by atoms with E-state index in [1.807, 2.05) is 12.1 Å². The van der Waals surface area contributed by atoms with E-state index in [1.165, 1.54) is 12.1 Å². The Morgan fingerprint density at radius 3 is 2.60 bits per heavy atom. The van der Waals surface area contributed by atoms with Gasteiger partial charge in [-0.25, -0.2) is 0 Å². The molecule has 0 saturated carbocycles. The van der Waals surface area contributed by atoms with Crippen molar-refractivity contribution >= 4 is 16.6 Å². The number of pyridine rings is 1. The van der Waals surface area contributed by atoms with E-state index in [4.69, 9.17) is 5.73 Å². The highest BCUT2D eigenvalue weighted by Crippen LogP contribution is 2.23. The topological polar surface area (TPSA) is 82.0 Å². The minimum atomic E-state index is -0.400. The van der Waals surface area contributed by atoms with Crippen LogP contribution in [0.15, 0.2) is 30.3 Å². The average Bonchev–Trinajstić information content (AvgIpc) is 2.36. The van der Waals surface area contributed by atoms with Crippen molar-refractivity contribution in [3.05, 3.63) is 46.1 Å². The maximum atomic E-state index is 10.7. The average molecular weight is 273 g/mol. The van der Waals surface area contributed by atoms with Gasteiger partial charge >= 0.3 is 0 Å². The van der Waals surface area contributed by atoms with Crippen molar-refractivity contribution in [3.8, 4) is 0 Å². The Hall–Kier alpha value is -2.01. The molecule has 0 fully saturated rings. The summed E-state index contributed by atoms with van der Waals surface area (Å²) in [7, 11) is 0. The van der Waals surface area contributed by atoms with Crippen LogP contribution in [-0.2, 0) is 6.42 Å². The second-order valence-electron chi connectivity index (χ2n) is 6.11. The number of nitro benzene ring substituents is 1. The van der Waals surface area contributed by atoms with Gasteiger partial charge < -0.3 is 5.73 Å². The third-order valence-corrected chi connectivity index (χ3v) is 3.48. The molecular weight excluding hydrogens is 254 g/mol. The number of nitrogens with zero attached hydrogens (tertiary/aromatic N) is 2. The Bertz CT molecular complexity index is 647. The SMILES string of the molecule is CC(C)(C)C(N)Cc1ccc2cc([N+](=O)[O-])ccc2n1. The van der Waals surface area contributed by atoms with Crippen LogP contribution in [0.5, 0.6) is 0 Å². The fourth-order valence-electron chi connectivity index (χ4n) is 1.91. The van der Waals surface area contributed by atoms with Gasteiger partial charge in [-0.15, -0.1) is 0 Å². The minimum absolute atomic E-state index is 0.0190. The first-order valence-electron chi connectivity index (χ1n) is 6.57. The van der Waals surface area contributed by atoms with Gasteiger partial charge in [0.05, 0.1) is 10.4 Å². The lowest BCUT2D eigenvalue weighted by Gasteiger charge is -2.26. The summed E-state index contributed by atoms with van der Waals surface area (Å²) < 4.78 is 0. The van der Waals surface area contributed by atoms with E-state index in [2.05, 4.69) is 25.8 Å². The number of hydrogen-bond donors (Lipinski definition) is 1. The Morgan fingerprint density at radius 2 is 2.00 bits per heavy atom. The maximum Gasteiger partial charge on any atom is 0.270 e. The van der Waals surface area contributed by atoms with Gasteiger partial charge in [0.15, 0.2) is 0 Å². The van der Waals surface area contributed by atoms with Crippen LogP contribution in [0.25, 0.3) is 10.9 Å². The first-order chi connectivity index (χ1) is 9.27. The number of fused-ring (bicyclic) bond motifs is 1. The molecule has 20 heavy (non-hydrogen) atoms. The first kappa shape index (κ1) is 14.4. The minimum Gasteiger partial charge on any atom is -0.327 e. The number of non-ortho nitro benzene ring substituents is 1. The number of hydrogen-bond acceptors (Lipinski definition) is 4. The van der Waals surface area contributed by atoms with Crippen LogP contribution in [0.2, 0.25) is 0 Å². The molecule has 0 aliphatic carbocycles. The van der Waals surface area contributed by atoms with E-state index in [9.17, 15) is 10.1 Å². The number of nitro groups is 1. The summed E-state index contributed by atoms with van der Waals surface area (Å²) in [5, 5.41) is 11.5. The van der Waals surface area contributed by atoms with Gasteiger partial charge in [-0.2, -0.15) is 0 Å². The molecule has 2 rings (SSSR count). The third kappa shape index (κ3) is 3.11. The molecule has 0 aliphatic heterocycles. The molecule has 106 valence electrons. The predicted octanol–water partition coefficient (Wildman–Crippen LogP) is 3.06. The zero-order valence-corrected chi connectivity index (χ0v) is 12.0. The number of aromatic nitrogens is 1. The van der Waals surface area contributed by atoms with Crippen molar-refractivity contribution in [2.45, 2.75) is 33.2 Å². The van der Waals surface area contributed by atoms with Gasteiger partial charge in [0, 0.05) is 35.7 Å². The number of benzene rings is 1. The van der Waals surface area contributed by atoms with Crippen LogP contribution >= 0.6 is 0 Å². The monoisotopic (exact) mass is 273 g/mol. The second-order valence-corrected chi connectivity index (χ2v) is 6.11. The summed E-state index contributed by atoms with van der Waals surface area (Å²) in [6.07, 6.45) is 0.691. The lowest BCUT2D eigenvalue weighted by molar-refractivity contribution is -0.384. The maximum absolute atomic E-state index is 10.7. The molecule has 0 aliphatic rings. The van der Waals surface area contributed by atoms with Crippen molar-refractivity contribution in [3.63, 3.8) is 0 Å². The van der Waals surface area contributed by atoms with E-state index in [1.54, 1.807) is 6.07 Å². The fraction of sp³-hybridized carbons (Fsp3) is 0.400. The van der Waals surface area contributed by atoms with E-state index in [0.29, 0.717) is 6.42 Å². The van der Waals surface area contributed by atoms with E-state index in [-0.39, 0.29) is 17.1 Å². The highest BCUT2D eigenvalue weighted by molar-refractivity contribution is 5.81. The molecule has 5 nitrogen and oxygen atoms in total. The fourth-order valence-corrected chi connectivity index (χ4v) is 1.91. The van der Waals surface area contributed by atoms with E-state index < -0.39 is 4.92 Å². The largest absolute Gasteiger partial charge is 0.327 e. The summed E-state index contributed by atoms with van der Waals surface area (Å²) in [6.45, 7) is 6.30. The van der Waals surface area contributed by atoms with Crippen molar-refractivity contribution < 1.29 is 4.92 Å². The van der Waals surface area contributed by atoms with Crippen molar-refractivity contribution in [2.75, 3.05) is 0 Å². The molecule has 1 heterocycles. The summed E-state index contributed by atoms with van der Waals surface area (Å²) in [5.41, 5.74) is 7.93. The summed E-state index contributed by atoms with van der Waals surface area (Å²) in [5.74, 6) is 0. The van der Waals surface area contributed by atoms with Crippen LogP contribution in [0.3, 0.4) is 0 Å². The molecule has 5 heteroatoms. The smallest absolute Gasteiger partial charge is 0.270 e. The number of rotatable bonds is 3. The molecule has 0 saturated heterocycles. The molecule has 2 aromatic rings. The summed E-state index contributed by atoms with van der Waals surface area (Å²) in [6, 6.07) is 8.46. The van der Waals surface area contributed by atoms with Crippen LogP contribution in [-0.4, -0.2) is 15.9 Å². The van der Waals surface area contributed by atoms with E-state index in [0.717, 1.165) is 16.6 Å². The third-order valence-electron chi connectivity index (χ3n) is 3.48. The molecule has 0 amide bonds. The van der Waals surface area contributed by atoms with Gasteiger partial charge in [0.25, 0.3) is 5.69 Å². The zero-order valence-electron chi connectivity index (χ0n) is 12.0. The van der Waals surface area contributed by atoms with Crippen LogP contribution in [0, 0.1) is 15.5 Å². The lowest BCUT2D eigenvalue weighted by Crippen LogP contribution is -2.37. The Balaban J connectivity index is 2.31. The van der Waals surface area contributed by atoms with Crippen LogP contribution in [0.1, 0.15) is 26.5 Å². The lowest BCUT2D eigenvalue weighted by atomic mass is 9.84. The summed E-state index contributed by atoms with van der Waals surface area (Å²) >= 11 is 0. The highest BCUT2D eigenvalue weighted by atomic mass is 16.6. The zero-order chi connectivity index (χ0) is 14.9. The molecular formula is C15H19N3O2. The molecule has 1 unspecified atom stereocenters.